The summed E-state index contributed by atoms with van der Waals surface area (Å²) in [6.45, 7) is 0. The van der Waals surface area contributed by atoms with E-state index in [1.807, 2.05) is 0 Å². The second kappa shape index (κ2) is 2.56. The molecule has 2 aliphatic rings. The number of nitrogens with one attached hydrogen (secondary N) is 1. The van der Waals surface area contributed by atoms with Gasteiger partial charge in [0.2, 0.25) is 10.0 Å². The zero-order valence-electron chi connectivity index (χ0n) is 7.34. The topological polar surface area (TPSA) is 46.2 Å². The zero-order chi connectivity index (χ0) is 8.82. The summed E-state index contributed by atoms with van der Waals surface area (Å²) < 4.78 is 25.7. The summed E-state index contributed by atoms with van der Waals surface area (Å²) in [4.78, 5) is 0. The molecule has 2 saturated carbocycles. The average Bonchev–Trinajstić information content (AvgIpc) is 2.64. The van der Waals surface area contributed by atoms with Crippen molar-refractivity contribution in [1.29, 1.82) is 0 Å². The molecule has 12 heavy (non-hydrogen) atoms. The third-order valence-electron chi connectivity index (χ3n) is 3.52. The molecule has 0 heterocycles. The Balaban J connectivity index is 2.33. The van der Waals surface area contributed by atoms with Crippen LogP contribution in [-0.2, 0) is 10.0 Å². The number of rotatable bonds is 2. The normalized spacial score (nSPS) is 40.8. The van der Waals surface area contributed by atoms with Crippen LogP contribution in [0, 0.1) is 5.92 Å². The van der Waals surface area contributed by atoms with Gasteiger partial charge in [0, 0.05) is 0 Å². The first-order valence-corrected chi connectivity index (χ1v) is 7.01. The molecule has 1 N–H and O–H groups in total. The minimum absolute atomic E-state index is 0.348. The summed E-state index contributed by atoms with van der Waals surface area (Å²) in [6.07, 6.45) is 4.97. The highest BCUT2D eigenvalue weighted by molar-refractivity contribution is 7.91. The zero-order valence-corrected chi connectivity index (χ0v) is 10.2. The summed E-state index contributed by atoms with van der Waals surface area (Å²) >= 11 is 0. The summed E-state index contributed by atoms with van der Waals surface area (Å²) in [5.74, 6) is 0.704. The molecule has 0 aliphatic heterocycles. The lowest BCUT2D eigenvalue weighted by atomic mass is 10.0. The fourth-order valence-corrected chi connectivity index (χ4v) is 5.69. The predicted octanol–water partition coefficient (Wildman–Crippen LogP) is -0.481. The smallest absolute Gasteiger partial charge is 0.210 e. The SMILES string of the molecule is O=S(=O)(N[SiH3])C12CCC(CC1)C2. The van der Waals surface area contributed by atoms with Gasteiger partial charge < -0.3 is 0 Å². The minimum Gasteiger partial charge on any atom is -0.247 e. The molecule has 0 radical (unpaired) electrons. The molecule has 0 atom stereocenters. The van der Waals surface area contributed by atoms with Crippen LogP contribution in [0.4, 0.5) is 0 Å². The molecule has 5 heteroatoms. The van der Waals surface area contributed by atoms with Gasteiger partial charge in [-0.05, 0) is 38.0 Å². The monoisotopic (exact) mass is 205 g/mol. The van der Waals surface area contributed by atoms with Crippen molar-refractivity contribution in [2.45, 2.75) is 36.9 Å². The molecule has 3 nitrogen and oxygen atoms in total. The molecule has 0 aromatic carbocycles. The van der Waals surface area contributed by atoms with Crippen LogP contribution in [0.3, 0.4) is 0 Å². The minimum atomic E-state index is -2.96. The summed E-state index contributed by atoms with van der Waals surface area (Å²) in [5.41, 5.74) is 0. The molecular formula is C7H15NO2SSi. The number of hydrogen-bond donors (Lipinski definition) is 1. The second-order valence-electron chi connectivity index (χ2n) is 4.04. The number of sulfonamides is 1. The Morgan fingerprint density at radius 2 is 1.92 bits per heavy atom. The van der Waals surface area contributed by atoms with Crippen LogP contribution in [-0.4, -0.2) is 23.6 Å². The fraction of sp³-hybridized carbons (Fsp3) is 1.00. The quantitative estimate of drug-likeness (QED) is 0.619. The van der Waals surface area contributed by atoms with Gasteiger partial charge in [-0.25, -0.2) is 12.8 Å². The van der Waals surface area contributed by atoms with Gasteiger partial charge in [0.25, 0.3) is 0 Å². The van der Waals surface area contributed by atoms with Gasteiger partial charge in [-0.15, -0.1) is 0 Å². The third kappa shape index (κ3) is 0.994. The molecule has 0 unspecified atom stereocenters. The van der Waals surface area contributed by atoms with Crippen LogP contribution >= 0.6 is 0 Å². The Morgan fingerprint density at radius 3 is 2.25 bits per heavy atom. The van der Waals surface area contributed by atoms with Crippen molar-refractivity contribution in [3.63, 3.8) is 0 Å². The molecule has 0 saturated heterocycles. The van der Waals surface area contributed by atoms with E-state index in [9.17, 15) is 8.42 Å². The van der Waals surface area contributed by atoms with E-state index >= 15 is 0 Å². The van der Waals surface area contributed by atoms with Crippen LogP contribution in [0.25, 0.3) is 0 Å². The molecule has 2 aliphatic carbocycles. The molecule has 0 amide bonds. The fourth-order valence-electron chi connectivity index (χ4n) is 2.73. The third-order valence-corrected chi connectivity index (χ3v) is 7.38. The van der Waals surface area contributed by atoms with E-state index in [4.69, 9.17) is 0 Å². The van der Waals surface area contributed by atoms with Crippen molar-refractivity contribution in [3.05, 3.63) is 0 Å². The Bertz CT molecular complexity index is 280. The van der Waals surface area contributed by atoms with Crippen molar-refractivity contribution in [3.8, 4) is 0 Å². The lowest BCUT2D eigenvalue weighted by Gasteiger charge is -2.25. The number of hydrogen-bond acceptors (Lipinski definition) is 2. The Morgan fingerprint density at radius 1 is 1.33 bits per heavy atom. The largest absolute Gasteiger partial charge is 0.247 e. The van der Waals surface area contributed by atoms with E-state index in [1.165, 1.54) is 0 Å². The van der Waals surface area contributed by atoms with E-state index < -0.39 is 10.0 Å². The summed E-state index contributed by atoms with van der Waals surface area (Å²) in [6, 6.07) is 0. The highest BCUT2D eigenvalue weighted by atomic mass is 32.2. The maximum Gasteiger partial charge on any atom is 0.210 e. The molecule has 0 aromatic rings. The molecule has 70 valence electrons. The highest BCUT2D eigenvalue weighted by Crippen LogP contribution is 2.51. The Labute approximate surface area is 76.5 Å². The van der Waals surface area contributed by atoms with Gasteiger partial charge in [-0.1, -0.05) is 0 Å². The molecule has 0 spiro atoms. The first kappa shape index (κ1) is 8.71. The van der Waals surface area contributed by atoms with Gasteiger partial charge in [0.1, 0.15) is 0 Å². The molecule has 2 fully saturated rings. The van der Waals surface area contributed by atoms with Crippen LogP contribution in [0.1, 0.15) is 32.1 Å². The van der Waals surface area contributed by atoms with E-state index in [-0.39, 0.29) is 4.75 Å². The maximum absolute atomic E-state index is 11.7. The Hall–Kier alpha value is 0.127. The van der Waals surface area contributed by atoms with Crippen LogP contribution < -0.4 is 4.39 Å². The summed E-state index contributed by atoms with van der Waals surface area (Å²) in [5, 5.41) is 0. The van der Waals surface area contributed by atoms with Crippen LogP contribution in [0.15, 0.2) is 0 Å². The predicted molar refractivity (Wildman–Crippen MR) is 51.3 cm³/mol. The molecule has 2 rings (SSSR count). The van der Waals surface area contributed by atoms with E-state index in [0.717, 1.165) is 32.1 Å². The van der Waals surface area contributed by atoms with Gasteiger partial charge in [0.05, 0.1) is 15.2 Å². The Kier molecular flexibility index (Phi) is 1.86. The van der Waals surface area contributed by atoms with Crippen molar-refractivity contribution in [2.24, 2.45) is 5.92 Å². The van der Waals surface area contributed by atoms with E-state index in [1.54, 1.807) is 0 Å². The van der Waals surface area contributed by atoms with Crippen molar-refractivity contribution < 1.29 is 8.42 Å². The molecular weight excluding hydrogens is 190 g/mol. The first-order chi connectivity index (χ1) is 5.60. The maximum atomic E-state index is 11.7. The van der Waals surface area contributed by atoms with Crippen molar-refractivity contribution >= 4 is 20.4 Å². The molecule has 0 aromatic heterocycles. The van der Waals surface area contributed by atoms with Crippen molar-refractivity contribution in [2.75, 3.05) is 0 Å². The first-order valence-electron chi connectivity index (χ1n) is 4.53. The van der Waals surface area contributed by atoms with Gasteiger partial charge >= 0.3 is 0 Å². The van der Waals surface area contributed by atoms with Gasteiger partial charge in [-0.2, -0.15) is 0 Å². The second-order valence-corrected chi connectivity index (χ2v) is 7.54. The highest BCUT2D eigenvalue weighted by Gasteiger charge is 2.52. The van der Waals surface area contributed by atoms with Crippen LogP contribution in [0.2, 0.25) is 0 Å². The van der Waals surface area contributed by atoms with Crippen LogP contribution in [0.5, 0.6) is 0 Å². The lowest BCUT2D eigenvalue weighted by molar-refractivity contribution is 0.473. The molecule has 2 bridgehead atoms. The lowest BCUT2D eigenvalue weighted by Crippen LogP contribution is -2.42. The van der Waals surface area contributed by atoms with Gasteiger partial charge in [0.15, 0.2) is 0 Å². The van der Waals surface area contributed by atoms with Crippen molar-refractivity contribution in [1.82, 2.24) is 4.39 Å². The standard InChI is InChI=1S/C7H15NO2SSi/c9-11(10,8-12)7-3-1-6(5-7)2-4-7/h6,8H,1-5H2,12H3. The van der Waals surface area contributed by atoms with Gasteiger partial charge in [-0.3, -0.25) is 0 Å². The average molecular weight is 205 g/mol. The number of fused-ring (bicyclic) bond motifs is 2. The van der Waals surface area contributed by atoms with E-state index in [2.05, 4.69) is 4.39 Å². The summed E-state index contributed by atoms with van der Waals surface area (Å²) in [7, 11) is -2.41. The van der Waals surface area contributed by atoms with E-state index in [0.29, 0.717) is 16.3 Å².